The number of piperidine rings is 1. The molecule has 0 aliphatic carbocycles. The average Bonchev–Trinajstić information content (AvgIpc) is 2.68. The van der Waals surface area contributed by atoms with Crippen LogP contribution in [0.1, 0.15) is 41.7 Å². The lowest BCUT2D eigenvalue weighted by Gasteiger charge is -2.32. The van der Waals surface area contributed by atoms with Crippen LogP contribution in [-0.4, -0.2) is 29.8 Å². The summed E-state index contributed by atoms with van der Waals surface area (Å²) in [7, 11) is 0. The zero-order chi connectivity index (χ0) is 18.5. The van der Waals surface area contributed by atoms with Gasteiger partial charge in [0.25, 0.3) is 5.91 Å². The maximum absolute atomic E-state index is 13.3. The van der Waals surface area contributed by atoms with Crippen molar-refractivity contribution in [3.63, 3.8) is 0 Å². The Morgan fingerprint density at radius 1 is 1.08 bits per heavy atom. The second-order valence-corrected chi connectivity index (χ2v) is 6.72. The molecule has 1 aliphatic rings. The molecule has 26 heavy (non-hydrogen) atoms. The van der Waals surface area contributed by atoms with Crippen LogP contribution in [0.5, 0.6) is 0 Å². The molecule has 0 unspecified atom stereocenters. The van der Waals surface area contributed by atoms with Crippen molar-refractivity contribution in [2.75, 3.05) is 13.1 Å². The molecule has 4 nitrogen and oxygen atoms in total. The van der Waals surface area contributed by atoms with Crippen molar-refractivity contribution in [1.82, 2.24) is 10.2 Å². The maximum Gasteiger partial charge on any atom is 0.253 e. The van der Waals surface area contributed by atoms with Crippen molar-refractivity contribution in [2.24, 2.45) is 5.92 Å². The standard InChI is InChI=1S/C21H23FN2O2/c1-15(16-6-3-2-4-7-16)23-20(25)17-10-12-24(13-11-17)21(26)18-8-5-9-19(22)14-18/h2-9,14-15,17H,10-13H2,1H3,(H,23,25)/t15-/m0/s1. The van der Waals surface area contributed by atoms with Gasteiger partial charge in [-0.25, -0.2) is 4.39 Å². The molecule has 1 aliphatic heterocycles. The van der Waals surface area contributed by atoms with E-state index < -0.39 is 5.82 Å². The van der Waals surface area contributed by atoms with Crippen LogP contribution < -0.4 is 5.32 Å². The van der Waals surface area contributed by atoms with Gasteiger partial charge in [0.1, 0.15) is 5.82 Å². The molecule has 1 N–H and O–H groups in total. The Bertz CT molecular complexity index is 771. The maximum atomic E-state index is 13.3. The molecule has 2 aromatic carbocycles. The Morgan fingerprint density at radius 3 is 2.42 bits per heavy atom. The van der Waals surface area contributed by atoms with Crippen molar-refractivity contribution in [1.29, 1.82) is 0 Å². The van der Waals surface area contributed by atoms with Gasteiger partial charge in [-0.15, -0.1) is 0 Å². The summed E-state index contributed by atoms with van der Waals surface area (Å²) in [6.07, 6.45) is 1.24. The molecule has 2 aromatic rings. The zero-order valence-corrected chi connectivity index (χ0v) is 14.8. The summed E-state index contributed by atoms with van der Waals surface area (Å²) in [6.45, 7) is 2.98. The molecule has 1 heterocycles. The largest absolute Gasteiger partial charge is 0.349 e. The summed E-state index contributed by atoms with van der Waals surface area (Å²) in [5, 5.41) is 3.06. The van der Waals surface area contributed by atoms with E-state index in [0.29, 0.717) is 31.5 Å². The molecular weight excluding hydrogens is 331 g/mol. The lowest BCUT2D eigenvalue weighted by Crippen LogP contribution is -2.43. The van der Waals surface area contributed by atoms with E-state index in [0.717, 1.165) is 5.56 Å². The van der Waals surface area contributed by atoms with Crippen molar-refractivity contribution >= 4 is 11.8 Å². The first-order valence-corrected chi connectivity index (χ1v) is 8.95. The number of nitrogens with zero attached hydrogens (tertiary/aromatic N) is 1. The highest BCUT2D eigenvalue weighted by molar-refractivity contribution is 5.94. The number of hydrogen-bond acceptors (Lipinski definition) is 2. The molecule has 1 atom stereocenters. The first kappa shape index (κ1) is 18.1. The van der Waals surface area contributed by atoms with Crippen molar-refractivity contribution in [2.45, 2.75) is 25.8 Å². The fourth-order valence-corrected chi connectivity index (χ4v) is 3.31. The van der Waals surface area contributed by atoms with E-state index in [1.165, 1.54) is 18.2 Å². The number of likely N-dealkylation sites (tertiary alicyclic amines) is 1. The first-order valence-electron chi connectivity index (χ1n) is 8.95. The Morgan fingerprint density at radius 2 is 1.77 bits per heavy atom. The number of carbonyl (C=O) groups excluding carboxylic acids is 2. The normalized spacial score (nSPS) is 16.2. The second kappa shape index (κ2) is 8.13. The van der Waals surface area contributed by atoms with E-state index in [2.05, 4.69) is 5.32 Å². The van der Waals surface area contributed by atoms with Crippen molar-refractivity contribution in [3.05, 3.63) is 71.5 Å². The van der Waals surface area contributed by atoms with Gasteiger partial charge in [0.05, 0.1) is 6.04 Å². The highest BCUT2D eigenvalue weighted by Crippen LogP contribution is 2.21. The molecule has 5 heteroatoms. The molecule has 0 saturated carbocycles. The van der Waals surface area contributed by atoms with Crippen molar-refractivity contribution < 1.29 is 14.0 Å². The number of hydrogen-bond donors (Lipinski definition) is 1. The molecule has 0 aromatic heterocycles. The van der Waals surface area contributed by atoms with Gasteiger partial charge < -0.3 is 10.2 Å². The topological polar surface area (TPSA) is 49.4 Å². The minimum atomic E-state index is -0.417. The minimum absolute atomic E-state index is 0.0270. The van der Waals surface area contributed by atoms with Gasteiger partial charge >= 0.3 is 0 Å². The summed E-state index contributed by atoms with van der Waals surface area (Å²) >= 11 is 0. The summed E-state index contributed by atoms with van der Waals surface area (Å²) in [5.41, 5.74) is 1.42. The lowest BCUT2D eigenvalue weighted by molar-refractivity contribution is -0.126. The number of nitrogens with one attached hydrogen (secondary N) is 1. The van der Waals surface area contributed by atoms with Crippen LogP contribution in [-0.2, 0) is 4.79 Å². The van der Waals surface area contributed by atoms with E-state index in [1.807, 2.05) is 37.3 Å². The van der Waals surface area contributed by atoms with Crippen LogP contribution in [0.3, 0.4) is 0 Å². The highest BCUT2D eigenvalue weighted by Gasteiger charge is 2.28. The van der Waals surface area contributed by atoms with Crippen LogP contribution in [0.4, 0.5) is 4.39 Å². The van der Waals surface area contributed by atoms with Crippen LogP contribution in [0.2, 0.25) is 0 Å². The van der Waals surface area contributed by atoms with Crippen LogP contribution in [0.25, 0.3) is 0 Å². The third-order valence-electron chi connectivity index (χ3n) is 4.88. The van der Waals surface area contributed by atoms with E-state index >= 15 is 0 Å². The number of rotatable bonds is 4. The minimum Gasteiger partial charge on any atom is -0.349 e. The van der Waals surface area contributed by atoms with Crippen molar-refractivity contribution in [3.8, 4) is 0 Å². The molecule has 0 bridgehead atoms. The zero-order valence-electron chi connectivity index (χ0n) is 14.8. The van der Waals surface area contributed by atoms with Gasteiger partial charge in [-0.3, -0.25) is 9.59 Å². The van der Waals surface area contributed by atoms with E-state index in [1.54, 1.807) is 11.0 Å². The first-order chi connectivity index (χ1) is 12.5. The number of carbonyl (C=O) groups is 2. The van der Waals surface area contributed by atoms with Crippen LogP contribution in [0, 0.1) is 11.7 Å². The fourth-order valence-electron chi connectivity index (χ4n) is 3.31. The van der Waals surface area contributed by atoms with Crippen LogP contribution in [0.15, 0.2) is 54.6 Å². The molecule has 2 amide bonds. The molecule has 0 radical (unpaired) electrons. The molecular formula is C21H23FN2O2. The molecule has 0 spiro atoms. The monoisotopic (exact) mass is 354 g/mol. The number of halogens is 1. The van der Waals surface area contributed by atoms with E-state index in [9.17, 15) is 14.0 Å². The quantitative estimate of drug-likeness (QED) is 0.913. The summed E-state index contributed by atoms with van der Waals surface area (Å²) in [4.78, 5) is 26.7. The number of benzene rings is 2. The van der Waals surface area contributed by atoms with Gasteiger partial charge in [0.2, 0.25) is 5.91 Å². The SMILES string of the molecule is C[C@H](NC(=O)C1CCN(C(=O)c2cccc(F)c2)CC1)c1ccccc1. The summed E-state index contributed by atoms with van der Waals surface area (Å²) < 4.78 is 13.3. The second-order valence-electron chi connectivity index (χ2n) is 6.72. The van der Waals surface area contributed by atoms with Gasteiger partial charge in [-0.2, -0.15) is 0 Å². The van der Waals surface area contributed by atoms with Gasteiger partial charge in [-0.05, 0) is 43.5 Å². The van der Waals surface area contributed by atoms with Gasteiger partial charge in [-0.1, -0.05) is 36.4 Å². The van der Waals surface area contributed by atoms with E-state index in [-0.39, 0.29) is 23.8 Å². The predicted molar refractivity (Wildman–Crippen MR) is 98.0 cm³/mol. The molecule has 3 rings (SSSR count). The Balaban J connectivity index is 1.53. The Labute approximate surface area is 153 Å². The average molecular weight is 354 g/mol. The molecule has 136 valence electrons. The fraction of sp³-hybridized carbons (Fsp3) is 0.333. The highest BCUT2D eigenvalue weighted by atomic mass is 19.1. The molecule has 1 fully saturated rings. The smallest absolute Gasteiger partial charge is 0.253 e. The van der Waals surface area contributed by atoms with Gasteiger partial charge in [0, 0.05) is 24.6 Å². The third-order valence-corrected chi connectivity index (χ3v) is 4.88. The molecule has 1 saturated heterocycles. The Hall–Kier alpha value is -2.69. The summed E-state index contributed by atoms with van der Waals surface area (Å²) in [5.74, 6) is -0.669. The Kier molecular flexibility index (Phi) is 5.66. The number of amides is 2. The third kappa shape index (κ3) is 4.28. The van der Waals surface area contributed by atoms with Gasteiger partial charge in [0.15, 0.2) is 0 Å². The van der Waals surface area contributed by atoms with Crippen LogP contribution >= 0.6 is 0 Å². The van der Waals surface area contributed by atoms with E-state index in [4.69, 9.17) is 0 Å². The predicted octanol–water partition coefficient (Wildman–Crippen LogP) is 3.56. The summed E-state index contributed by atoms with van der Waals surface area (Å²) in [6, 6.07) is 15.5. The lowest BCUT2D eigenvalue weighted by atomic mass is 9.94.